The molecule has 0 amide bonds. The first-order valence-electron chi connectivity index (χ1n) is 5.36. The van der Waals surface area contributed by atoms with Gasteiger partial charge < -0.3 is 5.32 Å². The number of para-hydroxylation sites is 1. The first-order chi connectivity index (χ1) is 8.70. The topological polar surface area (TPSA) is 55.2 Å². The normalized spacial score (nSPS) is 10.1. The summed E-state index contributed by atoms with van der Waals surface area (Å²) in [6, 6.07) is 14.6. The molecule has 92 valence electrons. The molecule has 0 fully saturated rings. The van der Waals surface area contributed by atoms with E-state index >= 15 is 0 Å². The number of alkyl halides is 1. The maximum atomic E-state index is 11.0. The number of nitrogens with one attached hydrogen (secondary N) is 1. The Balaban J connectivity index is 2.38. The van der Waals surface area contributed by atoms with Gasteiger partial charge in [-0.25, -0.2) is 0 Å². The van der Waals surface area contributed by atoms with Crippen molar-refractivity contribution in [3.63, 3.8) is 0 Å². The quantitative estimate of drug-likeness (QED) is 0.386. The van der Waals surface area contributed by atoms with Crippen LogP contribution in [0, 0.1) is 10.1 Å². The van der Waals surface area contributed by atoms with Crippen molar-refractivity contribution in [2.45, 2.75) is 4.43 Å². The van der Waals surface area contributed by atoms with E-state index in [4.69, 9.17) is 0 Å². The lowest BCUT2D eigenvalue weighted by atomic mass is 10.2. The lowest BCUT2D eigenvalue weighted by molar-refractivity contribution is -0.383. The molecule has 2 aromatic carbocycles. The van der Waals surface area contributed by atoms with E-state index in [9.17, 15) is 10.1 Å². The second-order valence-electron chi connectivity index (χ2n) is 3.73. The lowest BCUT2D eigenvalue weighted by Crippen LogP contribution is -1.97. The van der Waals surface area contributed by atoms with Gasteiger partial charge in [-0.1, -0.05) is 46.9 Å². The first-order valence-corrected chi connectivity index (χ1v) is 6.88. The van der Waals surface area contributed by atoms with Crippen LogP contribution in [0.5, 0.6) is 0 Å². The van der Waals surface area contributed by atoms with Gasteiger partial charge >= 0.3 is 0 Å². The number of anilines is 2. The molecule has 0 spiro atoms. The van der Waals surface area contributed by atoms with Gasteiger partial charge in [-0.15, -0.1) is 0 Å². The number of benzene rings is 2. The Hall–Kier alpha value is -1.63. The predicted octanol–water partition coefficient (Wildman–Crippen LogP) is 4.27. The highest BCUT2D eigenvalue weighted by Crippen LogP contribution is 2.29. The van der Waals surface area contributed by atoms with Crippen LogP contribution in [-0.2, 0) is 4.43 Å². The zero-order valence-electron chi connectivity index (χ0n) is 9.47. The molecule has 0 atom stereocenters. The van der Waals surface area contributed by atoms with E-state index in [1.165, 1.54) is 0 Å². The monoisotopic (exact) mass is 354 g/mol. The van der Waals surface area contributed by atoms with Crippen molar-refractivity contribution in [1.29, 1.82) is 0 Å². The fraction of sp³-hybridized carbons (Fsp3) is 0.0769. The Bertz CT molecular complexity index is 558. The Morgan fingerprint density at radius 2 is 1.89 bits per heavy atom. The fourth-order valence-corrected chi connectivity index (χ4v) is 2.08. The third-order valence-electron chi connectivity index (χ3n) is 2.46. The minimum Gasteiger partial charge on any atom is -0.350 e. The average molecular weight is 354 g/mol. The number of nitro benzene ring substituents is 1. The Morgan fingerprint density at radius 1 is 1.17 bits per heavy atom. The molecule has 0 aliphatic heterocycles. The number of halogens is 1. The van der Waals surface area contributed by atoms with Crippen LogP contribution in [0.25, 0.3) is 0 Å². The largest absolute Gasteiger partial charge is 0.350 e. The van der Waals surface area contributed by atoms with E-state index in [0.717, 1.165) is 15.7 Å². The number of nitro groups is 1. The maximum Gasteiger partial charge on any atom is 0.292 e. The van der Waals surface area contributed by atoms with Gasteiger partial charge in [0.15, 0.2) is 0 Å². The van der Waals surface area contributed by atoms with Gasteiger partial charge in [0.05, 0.1) is 4.92 Å². The lowest BCUT2D eigenvalue weighted by Gasteiger charge is -2.08. The summed E-state index contributed by atoms with van der Waals surface area (Å²) in [5, 5.41) is 14.1. The van der Waals surface area contributed by atoms with Gasteiger partial charge in [-0.3, -0.25) is 10.1 Å². The second-order valence-corrected chi connectivity index (χ2v) is 4.50. The average Bonchev–Trinajstić information content (AvgIpc) is 2.39. The molecule has 5 heteroatoms. The zero-order valence-corrected chi connectivity index (χ0v) is 11.6. The summed E-state index contributed by atoms with van der Waals surface area (Å²) in [6.45, 7) is 0. The van der Waals surface area contributed by atoms with Crippen LogP contribution < -0.4 is 5.32 Å². The van der Waals surface area contributed by atoms with E-state index in [2.05, 4.69) is 27.9 Å². The van der Waals surface area contributed by atoms with E-state index in [1.807, 2.05) is 36.4 Å². The van der Waals surface area contributed by atoms with Crippen molar-refractivity contribution < 1.29 is 4.92 Å². The summed E-state index contributed by atoms with van der Waals surface area (Å²) in [5.41, 5.74) is 2.51. The summed E-state index contributed by atoms with van der Waals surface area (Å²) in [5.74, 6) is 0. The standard InChI is InChI=1S/C13H11IN2O2/c14-9-10-6-7-13(16(17)18)12(8-10)15-11-4-2-1-3-5-11/h1-8,15H,9H2. The molecule has 0 saturated carbocycles. The number of nitrogens with zero attached hydrogens (tertiary/aromatic N) is 1. The van der Waals surface area contributed by atoms with Crippen molar-refractivity contribution in [1.82, 2.24) is 0 Å². The van der Waals surface area contributed by atoms with Crippen molar-refractivity contribution in [3.05, 3.63) is 64.2 Å². The minimum absolute atomic E-state index is 0.0902. The number of hydrogen-bond acceptors (Lipinski definition) is 3. The Kier molecular flexibility index (Phi) is 4.14. The summed E-state index contributed by atoms with van der Waals surface area (Å²) in [4.78, 5) is 10.6. The molecular weight excluding hydrogens is 343 g/mol. The van der Waals surface area contributed by atoms with Crippen LogP contribution >= 0.6 is 22.6 Å². The highest BCUT2D eigenvalue weighted by atomic mass is 127. The van der Waals surface area contributed by atoms with E-state index in [1.54, 1.807) is 12.1 Å². The van der Waals surface area contributed by atoms with Crippen molar-refractivity contribution >= 4 is 39.7 Å². The number of hydrogen-bond donors (Lipinski definition) is 1. The van der Waals surface area contributed by atoms with Gasteiger partial charge in [0.1, 0.15) is 5.69 Å². The molecule has 1 N–H and O–H groups in total. The SMILES string of the molecule is O=[N+]([O-])c1ccc(CI)cc1Nc1ccccc1. The molecule has 0 aromatic heterocycles. The maximum absolute atomic E-state index is 11.0. The van der Waals surface area contributed by atoms with Gasteiger partial charge in [-0.2, -0.15) is 0 Å². The molecule has 18 heavy (non-hydrogen) atoms. The highest BCUT2D eigenvalue weighted by molar-refractivity contribution is 14.1. The van der Waals surface area contributed by atoms with Gasteiger partial charge in [0, 0.05) is 16.2 Å². The van der Waals surface area contributed by atoms with Crippen LogP contribution in [-0.4, -0.2) is 4.92 Å². The molecule has 0 heterocycles. The molecule has 0 bridgehead atoms. The highest BCUT2D eigenvalue weighted by Gasteiger charge is 2.13. The molecule has 0 unspecified atom stereocenters. The van der Waals surface area contributed by atoms with E-state index < -0.39 is 0 Å². The summed E-state index contributed by atoms with van der Waals surface area (Å²) >= 11 is 2.23. The fourth-order valence-electron chi connectivity index (χ4n) is 1.60. The zero-order chi connectivity index (χ0) is 13.0. The van der Waals surface area contributed by atoms with Crippen molar-refractivity contribution in [2.24, 2.45) is 0 Å². The van der Waals surface area contributed by atoms with Crippen LogP contribution in [0.4, 0.5) is 17.1 Å². The molecule has 0 aliphatic rings. The van der Waals surface area contributed by atoms with Crippen LogP contribution in [0.1, 0.15) is 5.56 Å². The third kappa shape index (κ3) is 2.98. The molecule has 0 saturated heterocycles. The van der Waals surface area contributed by atoms with Crippen LogP contribution in [0.15, 0.2) is 48.5 Å². The Labute approximate surface area is 118 Å². The van der Waals surface area contributed by atoms with Crippen LogP contribution in [0.2, 0.25) is 0 Å². The molecule has 2 aromatic rings. The van der Waals surface area contributed by atoms with Gasteiger partial charge in [-0.05, 0) is 23.8 Å². The third-order valence-corrected chi connectivity index (χ3v) is 3.35. The molecule has 0 aliphatic carbocycles. The summed E-state index contributed by atoms with van der Waals surface area (Å²) in [6.07, 6.45) is 0. The van der Waals surface area contributed by atoms with Gasteiger partial charge in [0.2, 0.25) is 0 Å². The van der Waals surface area contributed by atoms with Crippen molar-refractivity contribution in [3.8, 4) is 0 Å². The minimum atomic E-state index is -0.373. The smallest absolute Gasteiger partial charge is 0.292 e. The van der Waals surface area contributed by atoms with Gasteiger partial charge in [0.25, 0.3) is 5.69 Å². The second kappa shape index (κ2) is 5.81. The summed E-state index contributed by atoms with van der Waals surface area (Å²) in [7, 11) is 0. The predicted molar refractivity (Wildman–Crippen MR) is 80.5 cm³/mol. The molecule has 2 rings (SSSR count). The molecular formula is C13H11IN2O2. The number of rotatable bonds is 4. The van der Waals surface area contributed by atoms with E-state index in [-0.39, 0.29) is 10.6 Å². The molecule has 4 nitrogen and oxygen atoms in total. The molecule has 0 radical (unpaired) electrons. The Morgan fingerprint density at radius 3 is 2.50 bits per heavy atom. The van der Waals surface area contributed by atoms with E-state index in [0.29, 0.717) is 5.69 Å². The summed E-state index contributed by atoms with van der Waals surface area (Å²) < 4.78 is 0.819. The van der Waals surface area contributed by atoms with Crippen molar-refractivity contribution in [2.75, 3.05) is 5.32 Å². The first kappa shape index (κ1) is 12.8. The van der Waals surface area contributed by atoms with Crippen LogP contribution in [0.3, 0.4) is 0 Å².